The maximum Gasteiger partial charge on any atom is 0.131 e. The third kappa shape index (κ3) is 1.52. The number of halogens is 1. The molecule has 1 aromatic heterocycles. The van der Waals surface area contributed by atoms with Crippen molar-refractivity contribution in [2.24, 2.45) is 0 Å². The molecule has 0 unspecified atom stereocenters. The summed E-state index contributed by atoms with van der Waals surface area (Å²) in [7, 11) is 0. The van der Waals surface area contributed by atoms with Gasteiger partial charge in [-0.25, -0.2) is 4.98 Å². The Bertz CT molecular complexity index is 288. The van der Waals surface area contributed by atoms with E-state index in [1.165, 1.54) is 5.56 Å². The van der Waals surface area contributed by atoms with Gasteiger partial charge < -0.3 is 10.6 Å². The van der Waals surface area contributed by atoms with E-state index in [-0.39, 0.29) is 0 Å². The van der Waals surface area contributed by atoms with Gasteiger partial charge in [-0.15, -0.1) is 0 Å². The predicted molar refractivity (Wildman–Crippen MR) is 49.4 cm³/mol. The molecule has 0 saturated carbocycles. The van der Waals surface area contributed by atoms with Gasteiger partial charge in [0.15, 0.2) is 0 Å². The third-order valence-corrected chi connectivity index (χ3v) is 2.09. The topological polar surface area (TPSA) is 37.0 Å². The molecule has 12 heavy (non-hydrogen) atoms. The van der Waals surface area contributed by atoms with Crippen LogP contribution in [0.15, 0.2) is 12.3 Å². The fourth-order valence-electron chi connectivity index (χ4n) is 1.27. The van der Waals surface area contributed by atoms with Gasteiger partial charge in [0, 0.05) is 37.1 Å². The van der Waals surface area contributed by atoms with Gasteiger partial charge >= 0.3 is 0 Å². The quantitative estimate of drug-likeness (QED) is 0.595. The first kappa shape index (κ1) is 7.83. The molecule has 0 atom stereocenters. The zero-order chi connectivity index (χ0) is 8.39. The zero-order valence-electron chi connectivity index (χ0n) is 6.60. The summed E-state index contributed by atoms with van der Waals surface area (Å²) in [6, 6.07) is 1.86. The van der Waals surface area contributed by atoms with Crippen LogP contribution in [-0.2, 0) is 6.54 Å². The van der Waals surface area contributed by atoms with Crippen molar-refractivity contribution < 1.29 is 0 Å². The normalized spacial score (nSPS) is 16.1. The Morgan fingerprint density at radius 1 is 1.42 bits per heavy atom. The fourth-order valence-corrected chi connectivity index (χ4v) is 1.43. The van der Waals surface area contributed by atoms with E-state index in [0.29, 0.717) is 5.15 Å². The first-order valence-corrected chi connectivity index (χ1v) is 4.33. The number of aromatic nitrogens is 1. The van der Waals surface area contributed by atoms with Crippen LogP contribution in [-0.4, -0.2) is 18.1 Å². The molecule has 0 fully saturated rings. The molecule has 1 aromatic rings. The Morgan fingerprint density at radius 2 is 2.33 bits per heavy atom. The summed E-state index contributed by atoms with van der Waals surface area (Å²) in [5, 5.41) is 7.10. The minimum absolute atomic E-state index is 0.545. The third-order valence-electron chi connectivity index (χ3n) is 1.89. The van der Waals surface area contributed by atoms with E-state index in [1.54, 1.807) is 0 Å². The molecule has 0 radical (unpaired) electrons. The van der Waals surface area contributed by atoms with Gasteiger partial charge in [0.2, 0.25) is 0 Å². The van der Waals surface area contributed by atoms with Gasteiger partial charge in [0.05, 0.1) is 0 Å². The van der Waals surface area contributed by atoms with Gasteiger partial charge in [-0.2, -0.15) is 0 Å². The van der Waals surface area contributed by atoms with Crippen LogP contribution in [0.2, 0.25) is 5.15 Å². The predicted octanol–water partition coefficient (Wildman–Crippen LogP) is 1.25. The average molecular weight is 184 g/mol. The van der Waals surface area contributed by atoms with E-state index in [1.807, 2.05) is 12.3 Å². The number of hydrogen-bond acceptors (Lipinski definition) is 3. The fraction of sp³-hybridized carbons (Fsp3) is 0.375. The molecule has 64 valence electrons. The van der Waals surface area contributed by atoms with E-state index >= 15 is 0 Å². The lowest BCUT2D eigenvalue weighted by molar-refractivity contribution is 0.723. The van der Waals surface area contributed by atoms with Crippen molar-refractivity contribution >= 4 is 17.3 Å². The summed E-state index contributed by atoms with van der Waals surface area (Å²) < 4.78 is 0. The highest BCUT2D eigenvalue weighted by Crippen LogP contribution is 2.19. The second kappa shape index (κ2) is 3.29. The van der Waals surface area contributed by atoms with Crippen LogP contribution in [0.25, 0.3) is 0 Å². The van der Waals surface area contributed by atoms with Gasteiger partial charge in [-0.3, -0.25) is 0 Å². The Hall–Kier alpha value is -0.800. The highest BCUT2D eigenvalue weighted by molar-refractivity contribution is 6.29. The van der Waals surface area contributed by atoms with Crippen LogP contribution in [0.4, 0.5) is 5.69 Å². The smallest absolute Gasteiger partial charge is 0.131 e. The molecule has 0 saturated heterocycles. The summed E-state index contributed by atoms with van der Waals surface area (Å²) >= 11 is 5.76. The number of nitrogens with zero attached hydrogens (tertiary/aromatic N) is 1. The Kier molecular flexibility index (Phi) is 2.15. The van der Waals surface area contributed by atoms with E-state index in [0.717, 1.165) is 25.3 Å². The summed E-state index contributed by atoms with van der Waals surface area (Å²) in [6.07, 6.45) is 1.81. The molecule has 1 aliphatic rings. The highest BCUT2D eigenvalue weighted by atomic mass is 35.5. The lowest BCUT2D eigenvalue weighted by Crippen LogP contribution is -2.16. The molecule has 0 spiro atoms. The second-order valence-corrected chi connectivity index (χ2v) is 3.15. The highest BCUT2D eigenvalue weighted by Gasteiger charge is 2.06. The van der Waals surface area contributed by atoms with Crippen molar-refractivity contribution in [3.05, 3.63) is 23.0 Å². The first-order chi connectivity index (χ1) is 5.86. The molecule has 0 bridgehead atoms. The molecule has 4 heteroatoms. The SMILES string of the molecule is Clc1cc2c(cn1)CNCCN2. The van der Waals surface area contributed by atoms with Crippen LogP contribution in [0.5, 0.6) is 0 Å². The lowest BCUT2D eigenvalue weighted by Gasteiger charge is -2.05. The first-order valence-electron chi connectivity index (χ1n) is 3.95. The number of fused-ring (bicyclic) bond motifs is 1. The van der Waals surface area contributed by atoms with Crippen molar-refractivity contribution in [3.63, 3.8) is 0 Å². The molecule has 0 aromatic carbocycles. The molecule has 0 amide bonds. The summed E-state index contributed by atoms with van der Waals surface area (Å²) in [6.45, 7) is 2.78. The van der Waals surface area contributed by atoms with E-state index in [9.17, 15) is 0 Å². The minimum Gasteiger partial charge on any atom is -0.383 e. The molecule has 2 heterocycles. The van der Waals surface area contributed by atoms with Gasteiger partial charge in [0.25, 0.3) is 0 Å². The Labute approximate surface area is 76.1 Å². The lowest BCUT2D eigenvalue weighted by atomic mass is 10.2. The van der Waals surface area contributed by atoms with Gasteiger partial charge in [0.1, 0.15) is 5.15 Å². The molecule has 0 aliphatic carbocycles. The second-order valence-electron chi connectivity index (χ2n) is 2.77. The van der Waals surface area contributed by atoms with Crippen molar-refractivity contribution in [2.75, 3.05) is 18.4 Å². The molecule has 1 aliphatic heterocycles. The van der Waals surface area contributed by atoms with Crippen LogP contribution in [0.1, 0.15) is 5.56 Å². The maximum atomic E-state index is 5.76. The number of anilines is 1. The van der Waals surface area contributed by atoms with Crippen LogP contribution in [0, 0.1) is 0 Å². The molecular weight excluding hydrogens is 174 g/mol. The number of hydrogen-bond donors (Lipinski definition) is 2. The van der Waals surface area contributed by atoms with Crippen LogP contribution >= 0.6 is 11.6 Å². The van der Waals surface area contributed by atoms with Crippen molar-refractivity contribution in [1.82, 2.24) is 10.3 Å². The van der Waals surface area contributed by atoms with Crippen molar-refractivity contribution in [1.29, 1.82) is 0 Å². The molecule has 2 N–H and O–H groups in total. The monoisotopic (exact) mass is 183 g/mol. The largest absolute Gasteiger partial charge is 0.383 e. The van der Waals surface area contributed by atoms with Gasteiger partial charge in [-0.05, 0) is 6.07 Å². The van der Waals surface area contributed by atoms with Crippen molar-refractivity contribution in [2.45, 2.75) is 6.54 Å². The molecular formula is C8H10ClN3. The Balaban J connectivity index is 2.36. The van der Waals surface area contributed by atoms with Crippen LogP contribution < -0.4 is 10.6 Å². The standard InChI is InChI=1S/C8H10ClN3/c9-8-3-7-6(5-12-8)4-10-1-2-11-7/h3,5,10-11H,1-2,4H2. The molecule has 3 nitrogen and oxygen atoms in total. The van der Waals surface area contributed by atoms with E-state index in [2.05, 4.69) is 15.6 Å². The summed E-state index contributed by atoms with van der Waals surface area (Å²) in [4.78, 5) is 4.02. The summed E-state index contributed by atoms with van der Waals surface area (Å²) in [5.74, 6) is 0. The van der Waals surface area contributed by atoms with Crippen LogP contribution in [0.3, 0.4) is 0 Å². The zero-order valence-corrected chi connectivity index (χ0v) is 7.36. The number of nitrogens with one attached hydrogen (secondary N) is 2. The van der Waals surface area contributed by atoms with E-state index < -0.39 is 0 Å². The van der Waals surface area contributed by atoms with E-state index in [4.69, 9.17) is 11.6 Å². The summed E-state index contributed by atoms with van der Waals surface area (Å²) in [5.41, 5.74) is 2.27. The minimum atomic E-state index is 0.545. The van der Waals surface area contributed by atoms with Crippen molar-refractivity contribution in [3.8, 4) is 0 Å². The molecule has 2 rings (SSSR count). The number of rotatable bonds is 0. The Morgan fingerprint density at radius 3 is 3.25 bits per heavy atom. The maximum absolute atomic E-state index is 5.76. The van der Waals surface area contributed by atoms with Gasteiger partial charge in [-0.1, -0.05) is 11.6 Å². The average Bonchev–Trinajstić information content (AvgIpc) is 2.28. The number of pyridine rings is 1.